The van der Waals surface area contributed by atoms with E-state index < -0.39 is 0 Å². The van der Waals surface area contributed by atoms with Crippen molar-refractivity contribution in [1.29, 1.82) is 0 Å². The third kappa shape index (κ3) is 2.46. The van der Waals surface area contributed by atoms with E-state index >= 15 is 0 Å². The van der Waals surface area contributed by atoms with Crippen LogP contribution in [0.3, 0.4) is 0 Å². The van der Waals surface area contributed by atoms with Crippen LogP contribution in [0.25, 0.3) is 0 Å². The summed E-state index contributed by atoms with van der Waals surface area (Å²) < 4.78 is 0. The van der Waals surface area contributed by atoms with Gasteiger partial charge in [-0.05, 0) is 25.2 Å². The molecule has 1 fully saturated rings. The summed E-state index contributed by atoms with van der Waals surface area (Å²) in [6.07, 6.45) is 18.4. The van der Waals surface area contributed by atoms with Crippen LogP contribution in [0.4, 0.5) is 0 Å². The molecule has 0 spiro atoms. The highest BCUT2D eigenvalue weighted by atomic mass is 14.2. The zero-order chi connectivity index (χ0) is 8.93. The highest BCUT2D eigenvalue weighted by molar-refractivity contribution is 5.25. The molecule has 0 aliphatic heterocycles. The van der Waals surface area contributed by atoms with Crippen molar-refractivity contribution >= 4 is 0 Å². The Morgan fingerprint density at radius 1 is 0.923 bits per heavy atom. The Kier molecular flexibility index (Phi) is 3.23. The summed E-state index contributed by atoms with van der Waals surface area (Å²) in [5.74, 6) is 0.926. The minimum Gasteiger partial charge on any atom is -0.0805 e. The first-order valence-corrected chi connectivity index (χ1v) is 5.82. The monoisotopic (exact) mass is 176 g/mol. The van der Waals surface area contributed by atoms with E-state index in [2.05, 4.69) is 18.2 Å². The second kappa shape index (κ2) is 4.64. The van der Waals surface area contributed by atoms with Crippen LogP contribution in [0.5, 0.6) is 0 Å². The molecule has 0 bridgehead atoms. The zero-order valence-corrected chi connectivity index (χ0v) is 8.47. The van der Waals surface area contributed by atoms with Crippen LogP contribution < -0.4 is 0 Å². The molecule has 0 radical (unpaired) electrons. The highest BCUT2D eigenvalue weighted by Gasteiger charge is 2.15. The Morgan fingerprint density at radius 3 is 2.23 bits per heavy atom. The molecule has 0 nitrogen and oxygen atoms in total. The van der Waals surface area contributed by atoms with Crippen molar-refractivity contribution in [2.45, 2.75) is 51.4 Å². The van der Waals surface area contributed by atoms with Gasteiger partial charge in [0.05, 0.1) is 0 Å². The molecule has 13 heavy (non-hydrogen) atoms. The van der Waals surface area contributed by atoms with Gasteiger partial charge in [-0.3, -0.25) is 0 Å². The maximum absolute atomic E-state index is 2.35. The predicted molar refractivity (Wildman–Crippen MR) is 57.6 cm³/mol. The molecule has 2 aliphatic carbocycles. The Bertz CT molecular complexity index is 202. The second-order valence-electron chi connectivity index (χ2n) is 4.42. The maximum atomic E-state index is 2.35. The van der Waals surface area contributed by atoms with Crippen molar-refractivity contribution in [3.63, 3.8) is 0 Å². The van der Waals surface area contributed by atoms with Gasteiger partial charge in [0, 0.05) is 0 Å². The molecule has 0 aromatic carbocycles. The van der Waals surface area contributed by atoms with Gasteiger partial charge in [-0.25, -0.2) is 0 Å². The molecule has 1 saturated carbocycles. The zero-order valence-electron chi connectivity index (χ0n) is 8.47. The van der Waals surface area contributed by atoms with Crippen LogP contribution in [0.1, 0.15) is 51.4 Å². The van der Waals surface area contributed by atoms with Gasteiger partial charge in [0.1, 0.15) is 0 Å². The van der Waals surface area contributed by atoms with Crippen molar-refractivity contribution in [2.24, 2.45) is 5.92 Å². The third-order valence-corrected chi connectivity index (χ3v) is 3.43. The number of hydrogen-bond acceptors (Lipinski definition) is 0. The maximum Gasteiger partial charge on any atom is -0.0130 e. The van der Waals surface area contributed by atoms with Crippen LogP contribution in [0.15, 0.2) is 23.8 Å². The minimum atomic E-state index is 0.926. The van der Waals surface area contributed by atoms with E-state index in [1.54, 1.807) is 5.57 Å². The van der Waals surface area contributed by atoms with E-state index in [-0.39, 0.29) is 0 Å². The summed E-state index contributed by atoms with van der Waals surface area (Å²) in [6, 6.07) is 0. The van der Waals surface area contributed by atoms with E-state index in [9.17, 15) is 0 Å². The summed E-state index contributed by atoms with van der Waals surface area (Å²) in [7, 11) is 0. The number of allylic oxidation sites excluding steroid dienone is 4. The van der Waals surface area contributed by atoms with E-state index in [1.807, 2.05) is 0 Å². The molecule has 0 heteroatoms. The first kappa shape index (κ1) is 9.05. The van der Waals surface area contributed by atoms with Crippen LogP contribution >= 0.6 is 0 Å². The van der Waals surface area contributed by atoms with Gasteiger partial charge < -0.3 is 0 Å². The molecule has 2 rings (SSSR count). The van der Waals surface area contributed by atoms with Gasteiger partial charge in [-0.1, -0.05) is 55.9 Å². The lowest BCUT2D eigenvalue weighted by Gasteiger charge is -2.20. The smallest absolute Gasteiger partial charge is 0.0130 e. The minimum absolute atomic E-state index is 0.926. The summed E-state index contributed by atoms with van der Waals surface area (Å²) in [5, 5.41) is 0. The second-order valence-corrected chi connectivity index (χ2v) is 4.42. The quantitative estimate of drug-likeness (QED) is 0.560. The van der Waals surface area contributed by atoms with Gasteiger partial charge in [0.15, 0.2) is 0 Å². The third-order valence-electron chi connectivity index (χ3n) is 3.43. The molecule has 0 aromatic heterocycles. The summed E-state index contributed by atoms with van der Waals surface area (Å²) in [4.78, 5) is 0. The highest BCUT2D eigenvalue weighted by Crippen LogP contribution is 2.31. The van der Waals surface area contributed by atoms with Crippen LogP contribution in [0, 0.1) is 5.92 Å². The molecular weight excluding hydrogens is 156 g/mol. The molecule has 0 amide bonds. The normalized spacial score (nSPS) is 25.4. The van der Waals surface area contributed by atoms with Crippen molar-refractivity contribution in [2.75, 3.05) is 0 Å². The van der Waals surface area contributed by atoms with Gasteiger partial charge in [0.2, 0.25) is 0 Å². The van der Waals surface area contributed by atoms with Gasteiger partial charge in [0.25, 0.3) is 0 Å². The Balaban J connectivity index is 1.88. The first-order valence-electron chi connectivity index (χ1n) is 5.82. The molecule has 2 aliphatic rings. The largest absolute Gasteiger partial charge is 0.0805 e. The fourth-order valence-electron chi connectivity index (χ4n) is 2.59. The van der Waals surface area contributed by atoms with Crippen LogP contribution in [-0.4, -0.2) is 0 Å². The van der Waals surface area contributed by atoms with E-state index in [1.165, 1.54) is 51.4 Å². The number of rotatable bonds is 1. The lowest BCUT2D eigenvalue weighted by molar-refractivity contribution is 0.417. The van der Waals surface area contributed by atoms with Gasteiger partial charge >= 0.3 is 0 Å². The molecule has 0 heterocycles. The SMILES string of the molecule is C1=CCC(C2CCCCCCC2)=C1. The van der Waals surface area contributed by atoms with Crippen molar-refractivity contribution in [3.05, 3.63) is 23.8 Å². The van der Waals surface area contributed by atoms with E-state index in [0.29, 0.717) is 0 Å². The van der Waals surface area contributed by atoms with Gasteiger partial charge in [-0.15, -0.1) is 0 Å². The van der Waals surface area contributed by atoms with Gasteiger partial charge in [-0.2, -0.15) is 0 Å². The molecule has 0 atom stereocenters. The molecular formula is C13H20. The van der Waals surface area contributed by atoms with Crippen LogP contribution in [-0.2, 0) is 0 Å². The Labute approximate surface area is 81.7 Å². The predicted octanol–water partition coefficient (Wildman–Crippen LogP) is 4.23. The molecule has 0 aromatic rings. The summed E-state index contributed by atoms with van der Waals surface area (Å²) >= 11 is 0. The van der Waals surface area contributed by atoms with Crippen molar-refractivity contribution in [1.82, 2.24) is 0 Å². The topological polar surface area (TPSA) is 0 Å². The molecule has 0 saturated heterocycles. The lowest BCUT2D eigenvalue weighted by atomic mass is 9.85. The average Bonchev–Trinajstić information content (AvgIpc) is 2.55. The number of hydrogen-bond donors (Lipinski definition) is 0. The van der Waals surface area contributed by atoms with Crippen molar-refractivity contribution in [3.8, 4) is 0 Å². The Hall–Kier alpha value is -0.520. The molecule has 72 valence electrons. The van der Waals surface area contributed by atoms with E-state index in [0.717, 1.165) is 5.92 Å². The Morgan fingerprint density at radius 2 is 1.62 bits per heavy atom. The lowest BCUT2D eigenvalue weighted by Crippen LogP contribution is -2.05. The summed E-state index contributed by atoms with van der Waals surface area (Å²) in [5.41, 5.74) is 1.71. The fourth-order valence-corrected chi connectivity index (χ4v) is 2.59. The van der Waals surface area contributed by atoms with E-state index in [4.69, 9.17) is 0 Å². The van der Waals surface area contributed by atoms with Crippen LogP contribution in [0.2, 0.25) is 0 Å². The summed E-state index contributed by atoms with van der Waals surface area (Å²) in [6.45, 7) is 0. The first-order chi connectivity index (χ1) is 6.47. The molecule has 0 N–H and O–H groups in total. The molecule has 0 unspecified atom stereocenters. The average molecular weight is 176 g/mol. The standard InChI is InChI=1S/C13H20/c1-2-4-8-12(9-5-3-1)13-10-6-7-11-13/h6-7,10,12H,1-5,8-9,11H2. The fraction of sp³-hybridized carbons (Fsp3) is 0.692. The van der Waals surface area contributed by atoms with Crippen molar-refractivity contribution < 1.29 is 0 Å².